The molecule has 0 saturated heterocycles. The Kier molecular flexibility index (Phi) is 4.66. The van der Waals surface area contributed by atoms with Crippen LogP contribution in [0, 0.1) is 18.6 Å². The van der Waals surface area contributed by atoms with E-state index in [2.05, 4.69) is 9.97 Å². The molecule has 136 valence electrons. The zero-order chi connectivity index (χ0) is 19.0. The number of thioether (sulfide) groups is 1. The van der Waals surface area contributed by atoms with E-state index in [9.17, 15) is 8.78 Å². The number of aryl methyl sites for hydroxylation is 1. The quantitative estimate of drug-likeness (QED) is 0.435. The van der Waals surface area contributed by atoms with Crippen LogP contribution < -0.4 is 4.90 Å². The number of fused-ring (bicyclic) bond motifs is 1. The van der Waals surface area contributed by atoms with E-state index >= 15 is 0 Å². The second kappa shape index (κ2) is 7.12. The summed E-state index contributed by atoms with van der Waals surface area (Å²) in [7, 11) is 0. The molecule has 0 spiro atoms. The van der Waals surface area contributed by atoms with Gasteiger partial charge in [0.25, 0.3) is 0 Å². The van der Waals surface area contributed by atoms with Crippen molar-refractivity contribution in [3.8, 4) is 11.3 Å². The first-order valence-electron chi connectivity index (χ1n) is 8.49. The third kappa shape index (κ3) is 3.21. The van der Waals surface area contributed by atoms with Crippen molar-refractivity contribution in [1.29, 1.82) is 0 Å². The standard InChI is InChI=1S/C21H17F2N3S/c1-13-12-14(22)9-10-15(13)19-16-6-5-11-26(18-8-4-3-7-17(18)23)20(16)25-21(24-19)27-2/h3-10,12H,11H2,1-2H3. The van der Waals surface area contributed by atoms with E-state index in [1.54, 1.807) is 24.3 Å². The maximum Gasteiger partial charge on any atom is 0.189 e. The molecule has 1 aromatic heterocycles. The van der Waals surface area contributed by atoms with Gasteiger partial charge in [0.05, 0.1) is 11.4 Å². The molecule has 1 aliphatic heterocycles. The Morgan fingerprint density at radius 1 is 1.07 bits per heavy atom. The summed E-state index contributed by atoms with van der Waals surface area (Å²) >= 11 is 1.42. The van der Waals surface area contributed by atoms with E-state index in [1.165, 1.54) is 30.0 Å². The molecule has 2 aromatic carbocycles. The molecule has 0 radical (unpaired) electrons. The van der Waals surface area contributed by atoms with E-state index in [1.807, 2.05) is 30.2 Å². The summed E-state index contributed by atoms with van der Waals surface area (Å²) < 4.78 is 28.0. The van der Waals surface area contributed by atoms with Crippen LogP contribution in [0.2, 0.25) is 0 Å². The summed E-state index contributed by atoms with van der Waals surface area (Å²) in [5, 5.41) is 0.587. The molecule has 0 N–H and O–H groups in total. The van der Waals surface area contributed by atoms with Gasteiger partial charge in [0.1, 0.15) is 17.5 Å². The number of hydrogen-bond acceptors (Lipinski definition) is 4. The normalized spacial score (nSPS) is 13.0. The van der Waals surface area contributed by atoms with Crippen molar-refractivity contribution in [2.75, 3.05) is 17.7 Å². The van der Waals surface area contributed by atoms with Crippen LogP contribution in [0.5, 0.6) is 0 Å². The summed E-state index contributed by atoms with van der Waals surface area (Å²) in [4.78, 5) is 11.2. The Hall–Kier alpha value is -2.73. The average molecular weight is 381 g/mol. The second-order valence-electron chi connectivity index (χ2n) is 6.22. The van der Waals surface area contributed by atoms with Crippen LogP contribution in [0.4, 0.5) is 20.3 Å². The smallest absolute Gasteiger partial charge is 0.189 e. The Labute approximate surface area is 160 Å². The van der Waals surface area contributed by atoms with Crippen LogP contribution in [0.1, 0.15) is 11.1 Å². The highest BCUT2D eigenvalue weighted by Crippen LogP contribution is 2.38. The Balaban J connectivity index is 1.95. The predicted molar refractivity (Wildman–Crippen MR) is 106 cm³/mol. The van der Waals surface area contributed by atoms with Gasteiger partial charge in [-0.2, -0.15) is 0 Å². The summed E-state index contributed by atoms with van der Waals surface area (Å²) in [6.07, 6.45) is 5.81. The lowest BCUT2D eigenvalue weighted by Crippen LogP contribution is -2.23. The maximum absolute atomic E-state index is 14.4. The van der Waals surface area contributed by atoms with Crippen molar-refractivity contribution < 1.29 is 8.78 Å². The molecule has 0 atom stereocenters. The summed E-state index contributed by atoms with van der Waals surface area (Å²) in [5.41, 5.74) is 3.62. The molecular weight excluding hydrogens is 364 g/mol. The molecule has 27 heavy (non-hydrogen) atoms. The van der Waals surface area contributed by atoms with Crippen molar-refractivity contribution in [3.63, 3.8) is 0 Å². The van der Waals surface area contributed by atoms with Crippen LogP contribution in [0.15, 0.2) is 53.7 Å². The van der Waals surface area contributed by atoms with E-state index in [0.29, 0.717) is 23.2 Å². The fourth-order valence-corrected chi connectivity index (χ4v) is 3.59. The number of para-hydroxylation sites is 1. The van der Waals surface area contributed by atoms with E-state index < -0.39 is 0 Å². The van der Waals surface area contributed by atoms with Gasteiger partial charge in [-0.15, -0.1) is 0 Å². The molecular formula is C21H17F2N3S. The summed E-state index contributed by atoms with van der Waals surface area (Å²) in [6.45, 7) is 2.37. The summed E-state index contributed by atoms with van der Waals surface area (Å²) in [5.74, 6) is 0.0658. The predicted octanol–water partition coefficient (Wildman–Crippen LogP) is 5.62. The number of benzene rings is 2. The first-order valence-corrected chi connectivity index (χ1v) is 9.72. The molecule has 0 saturated carbocycles. The van der Waals surface area contributed by atoms with Gasteiger partial charge in [-0.1, -0.05) is 36.0 Å². The lowest BCUT2D eigenvalue weighted by molar-refractivity contribution is 0.625. The highest BCUT2D eigenvalue weighted by atomic mass is 32.2. The molecule has 0 fully saturated rings. The number of halogens is 2. The van der Waals surface area contributed by atoms with E-state index in [0.717, 1.165) is 22.4 Å². The van der Waals surface area contributed by atoms with Crippen LogP contribution >= 0.6 is 11.8 Å². The lowest BCUT2D eigenvalue weighted by Gasteiger charge is -2.28. The zero-order valence-corrected chi connectivity index (χ0v) is 15.7. The average Bonchev–Trinajstić information content (AvgIpc) is 2.67. The van der Waals surface area contributed by atoms with Crippen LogP contribution in [-0.4, -0.2) is 22.8 Å². The molecule has 0 unspecified atom stereocenters. The van der Waals surface area contributed by atoms with Gasteiger partial charge in [0.15, 0.2) is 5.16 Å². The Bertz CT molecular complexity index is 1050. The molecule has 0 amide bonds. The minimum atomic E-state index is -0.303. The van der Waals surface area contributed by atoms with E-state index in [-0.39, 0.29) is 11.6 Å². The molecule has 3 nitrogen and oxygen atoms in total. The fraction of sp³-hybridized carbons (Fsp3) is 0.143. The number of hydrogen-bond donors (Lipinski definition) is 0. The Morgan fingerprint density at radius 2 is 1.89 bits per heavy atom. The second-order valence-corrected chi connectivity index (χ2v) is 6.99. The van der Waals surface area contributed by atoms with Gasteiger partial charge in [0, 0.05) is 17.7 Å². The monoisotopic (exact) mass is 381 g/mol. The van der Waals surface area contributed by atoms with Gasteiger partial charge in [-0.25, -0.2) is 18.7 Å². The first-order chi connectivity index (χ1) is 13.1. The van der Waals surface area contributed by atoms with Gasteiger partial charge >= 0.3 is 0 Å². The molecule has 1 aliphatic rings. The molecule has 3 aromatic rings. The van der Waals surface area contributed by atoms with Crippen LogP contribution in [0.25, 0.3) is 17.3 Å². The van der Waals surface area contributed by atoms with Gasteiger partial charge in [-0.3, -0.25) is 0 Å². The van der Waals surface area contributed by atoms with Gasteiger partial charge in [-0.05, 0) is 49.1 Å². The molecule has 0 aliphatic carbocycles. The minimum Gasteiger partial charge on any atom is -0.319 e. The maximum atomic E-state index is 14.4. The van der Waals surface area contributed by atoms with Gasteiger partial charge < -0.3 is 4.90 Å². The topological polar surface area (TPSA) is 29.0 Å². The van der Waals surface area contributed by atoms with E-state index in [4.69, 9.17) is 0 Å². The van der Waals surface area contributed by atoms with Crippen molar-refractivity contribution in [2.45, 2.75) is 12.1 Å². The molecule has 0 bridgehead atoms. The molecule has 6 heteroatoms. The highest BCUT2D eigenvalue weighted by molar-refractivity contribution is 7.98. The molecule has 4 rings (SSSR count). The third-order valence-electron chi connectivity index (χ3n) is 4.50. The fourth-order valence-electron chi connectivity index (χ4n) is 3.23. The largest absolute Gasteiger partial charge is 0.319 e. The van der Waals surface area contributed by atoms with Gasteiger partial charge in [0.2, 0.25) is 0 Å². The summed E-state index contributed by atoms with van der Waals surface area (Å²) in [6, 6.07) is 11.3. The van der Waals surface area contributed by atoms with Crippen molar-refractivity contribution in [1.82, 2.24) is 9.97 Å². The minimum absolute atomic E-state index is 0.284. The molecule has 2 heterocycles. The van der Waals surface area contributed by atoms with Crippen molar-refractivity contribution in [2.24, 2.45) is 0 Å². The number of aromatic nitrogens is 2. The van der Waals surface area contributed by atoms with Crippen molar-refractivity contribution >= 4 is 29.3 Å². The number of anilines is 2. The lowest BCUT2D eigenvalue weighted by atomic mass is 9.99. The number of nitrogens with zero attached hydrogens (tertiary/aromatic N) is 3. The highest BCUT2D eigenvalue weighted by Gasteiger charge is 2.24. The zero-order valence-electron chi connectivity index (χ0n) is 14.9. The SMILES string of the molecule is CSc1nc(-c2ccc(F)cc2C)c2c(n1)N(c1ccccc1F)CC=C2. The third-order valence-corrected chi connectivity index (χ3v) is 5.05. The first kappa shape index (κ1) is 17.7. The number of rotatable bonds is 3. The Morgan fingerprint density at radius 3 is 2.63 bits per heavy atom. The van der Waals surface area contributed by atoms with Crippen LogP contribution in [-0.2, 0) is 0 Å². The van der Waals surface area contributed by atoms with Crippen molar-refractivity contribution in [3.05, 3.63) is 71.3 Å². The van der Waals surface area contributed by atoms with Crippen LogP contribution in [0.3, 0.4) is 0 Å².